The van der Waals surface area contributed by atoms with E-state index in [2.05, 4.69) is 4.72 Å². The lowest BCUT2D eigenvalue weighted by atomic mass is 10.0. The van der Waals surface area contributed by atoms with Crippen molar-refractivity contribution in [2.75, 3.05) is 4.72 Å². The van der Waals surface area contributed by atoms with Crippen LogP contribution in [0.3, 0.4) is 0 Å². The minimum atomic E-state index is -4.20. The highest BCUT2D eigenvalue weighted by atomic mass is 32.2. The molecule has 150 valence electrons. The molecule has 2 N–H and O–H groups in total. The van der Waals surface area contributed by atoms with Crippen LogP contribution in [0.25, 0.3) is 0 Å². The number of rotatable bonds is 7. The molecule has 0 amide bonds. The Kier molecular flexibility index (Phi) is 5.93. The molecule has 0 spiro atoms. The minimum absolute atomic E-state index is 0.207. The van der Waals surface area contributed by atoms with E-state index in [4.69, 9.17) is 5.11 Å². The molecule has 0 heterocycles. The lowest BCUT2D eigenvalue weighted by molar-refractivity contribution is 0.0697. The Bertz CT molecular complexity index is 1150. The first kappa shape index (κ1) is 20.5. The van der Waals surface area contributed by atoms with Crippen molar-refractivity contribution < 1.29 is 27.1 Å². The topological polar surface area (TPSA) is 83.5 Å². The van der Waals surface area contributed by atoms with Crippen LogP contribution in [-0.4, -0.2) is 19.5 Å². The first-order valence-corrected chi connectivity index (χ1v) is 10.1. The summed E-state index contributed by atoms with van der Waals surface area (Å²) in [6, 6.07) is 15.4. The number of benzene rings is 3. The number of anilines is 1. The fourth-order valence-electron chi connectivity index (χ4n) is 2.80. The summed E-state index contributed by atoms with van der Waals surface area (Å²) >= 11 is 0. The number of carboxylic acid groups (broad SMARTS) is 1. The predicted molar refractivity (Wildman–Crippen MR) is 104 cm³/mol. The zero-order valence-electron chi connectivity index (χ0n) is 15.1. The third-order valence-corrected chi connectivity index (χ3v) is 5.68. The fraction of sp³-hybridized carbons (Fsp3) is 0.0952. The van der Waals surface area contributed by atoms with E-state index in [1.54, 1.807) is 24.3 Å². The van der Waals surface area contributed by atoms with Crippen molar-refractivity contribution in [3.05, 3.63) is 95.1 Å². The number of halogens is 2. The zero-order valence-corrected chi connectivity index (χ0v) is 15.9. The van der Waals surface area contributed by atoms with Crippen molar-refractivity contribution in [1.82, 2.24) is 0 Å². The van der Waals surface area contributed by atoms with Crippen LogP contribution in [0.2, 0.25) is 0 Å². The normalized spacial score (nSPS) is 11.2. The van der Waals surface area contributed by atoms with E-state index in [9.17, 15) is 22.0 Å². The SMILES string of the molecule is O=C(O)c1ccc(CCc2cccc(NS(=O)(=O)c3ccc(F)cc3F)c2)cc1. The maximum Gasteiger partial charge on any atom is 0.335 e. The molecule has 0 radical (unpaired) electrons. The lowest BCUT2D eigenvalue weighted by Crippen LogP contribution is -2.15. The highest BCUT2D eigenvalue weighted by Crippen LogP contribution is 2.21. The Balaban J connectivity index is 1.71. The third kappa shape index (κ3) is 5.17. The van der Waals surface area contributed by atoms with Crippen molar-refractivity contribution in [2.24, 2.45) is 0 Å². The number of nitrogens with one attached hydrogen (secondary N) is 1. The van der Waals surface area contributed by atoms with E-state index in [1.165, 1.54) is 18.2 Å². The Labute approximate surface area is 166 Å². The Morgan fingerprint density at radius 2 is 1.59 bits per heavy atom. The lowest BCUT2D eigenvalue weighted by Gasteiger charge is -2.10. The van der Waals surface area contributed by atoms with Gasteiger partial charge in [-0.2, -0.15) is 0 Å². The number of sulfonamides is 1. The maximum absolute atomic E-state index is 13.8. The van der Waals surface area contributed by atoms with Gasteiger partial charge in [-0.05, 0) is 60.4 Å². The highest BCUT2D eigenvalue weighted by Gasteiger charge is 2.19. The van der Waals surface area contributed by atoms with Crippen molar-refractivity contribution in [3.8, 4) is 0 Å². The molecule has 0 fully saturated rings. The summed E-state index contributed by atoms with van der Waals surface area (Å²) in [4.78, 5) is 10.2. The van der Waals surface area contributed by atoms with E-state index >= 15 is 0 Å². The van der Waals surface area contributed by atoms with Gasteiger partial charge in [-0.25, -0.2) is 22.0 Å². The Hall–Kier alpha value is -3.26. The second kappa shape index (κ2) is 8.40. The molecule has 0 saturated carbocycles. The number of carbonyl (C=O) groups is 1. The first-order valence-electron chi connectivity index (χ1n) is 8.64. The Morgan fingerprint density at radius 1 is 0.897 bits per heavy atom. The largest absolute Gasteiger partial charge is 0.478 e. The average molecular weight is 417 g/mol. The number of carboxylic acids is 1. The highest BCUT2D eigenvalue weighted by molar-refractivity contribution is 7.92. The van der Waals surface area contributed by atoms with Gasteiger partial charge in [0.05, 0.1) is 5.56 Å². The van der Waals surface area contributed by atoms with Gasteiger partial charge in [-0.15, -0.1) is 0 Å². The monoisotopic (exact) mass is 417 g/mol. The fourth-order valence-corrected chi connectivity index (χ4v) is 3.91. The van der Waals surface area contributed by atoms with Crippen LogP contribution in [-0.2, 0) is 22.9 Å². The van der Waals surface area contributed by atoms with E-state index < -0.39 is 32.5 Å². The van der Waals surface area contributed by atoms with Gasteiger partial charge in [0.1, 0.15) is 16.5 Å². The molecule has 0 aromatic heterocycles. The van der Waals surface area contributed by atoms with Gasteiger partial charge in [-0.3, -0.25) is 4.72 Å². The van der Waals surface area contributed by atoms with Gasteiger partial charge in [0.15, 0.2) is 0 Å². The first-order chi connectivity index (χ1) is 13.7. The van der Waals surface area contributed by atoms with E-state index in [1.807, 2.05) is 6.07 Å². The second-order valence-corrected chi connectivity index (χ2v) is 8.03. The van der Waals surface area contributed by atoms with Crippen LogP contribution in [0.15, 0.2) is 71.6 Å². The van der Waals surface area contributed by atoms with Crippen LogP contribution in [0.4, 0.5) is 14.5 Å². The molecule has 0 aliphatic heterocycles. The molecular weight excluding hydrogens is 400 g/mol. The molecule has 0 unspecified atom stereocenters. The van der Waals surface area contributed by atoms with Crippen LogP contribution in [0.5, 0.6) is 0 Å². The third-order valence-electron chi connectivity index (χ3n) is 4.27. The van der Waals surface area contributed by atoms with Gasteiger partial charge in [0.25, 0.3) is 10.0 Å². The zero-order chi connectivity index (χ0) is 21.0. The molecule has 0 aliphatic carbocycles. The van der Waals surface area contributed by atoms with Crippen LogP contribution in [0, 0.1) is 11.6 Å². The van der Waals surface area contributed by atoms with Crippen molar-refractivity contribution in [1.29, 1.82) is 0 Å². The quantitative estimate of drug-likeness (QED) is 0.602. The van der Waals surface area contributed by atoms with Crippen LogP contribution < -0.4 is 4.72 Å². The molecule has 0 bridgehead atoms. The van der Waals surface area contributed by atoms with Gasteiger partial charge in [-0.1, -0.05) is 24.3 Å². The summed E-state index contributed by atoms with van der Waals surface area (Å²) in [7, 11) is -4.20. The smallest absolute Gasteiger partial charge is 0.335 e. The molecule has 3 rings (SSSR count). The molecule has 3 aromatic carbocycles. The molecule has 8 heteroatoms. The number of aryl methyl sites for hydroxylation is 2. The van der Waals surface area contributed by atoms with Crippen molar-refractivity contribution in [2.45, 2.75) is 17.7 Å². The second-order valence-electron chi connectivity index (χ2n) is 6.38. The summed E-state index contributed by atoms with van der Waals surface area (Å²) in [5, 5.41) is 8.92. The van der Waals surface area contributed by atoms with E-state index in [-0.39, 0.29) is 11.3 Å². The van der Waals surface area contributed by atoms with Gasteiger partial charge < -0.3 is 5.11 Å². The van der Waals surface area contributed by atoms with Gasteiger partial charge >= 0.3 is 5.97 Å². The van der Waals surface area contributed by atoms with E-state index in [0.717, 1.165) is 23.3 Å². The summed E-state index contributed by atoms with van der Waals surface area (Å²) in [6.45, 7) is 0. The average Bonchev–Trinajstić information content (AvgIpc) is 2.66. The molecular formula is C21H17F2NO4S. The standard InChI is InChI=1S/C21H17F2NO4S/c22-17-10-11-20(19(23)13-17)29(27,28)24-18-3-1-2-15(12-18)5-4-14-6-8-16(9-7-14)21(25)26/h1-3,6-13,24H,4-5H2,(H,25,26). The molecule has 0 aliphatic rings. The predicted octanol–water partition coefficient (Wildman–Crippen LogP) is 4.25. The minimum Gasteiger partial charge on any atom is -0.478 e. The van der Waals surface area contributed by atoms with Crippen LogP contribution in [0.1, 0.15) is 21.5 Å². The summed E-state index contributed by atoms with van der Waals surface area (Å²) in [6.07, 6.45) is 1.22. The van der Waals surface area contributed by atoms with Crippen molar-refractivity contribution in [3.63, 3.8) is 0 Å². The Morgan fingerprint density at radius 3 is 2.24 bits per heavy atom. The van der Waals surface area contributed by atoms with Crippen LogP contribution >= 0.6 is 0 Å². The van der Waals surface area contributed by atoms with Gasteiger partial charge in [0.2, 0.25) is 0 Å². The molecule has 3 aromatic rings. The molecule has 0 atom stereocenters. The number of hydrogen-bond donors (Lipinski definition) is 2. The summed E-state index contributed by atoms with van der Waals surface area (Å²) in [5.41, 5.74) is 2.24. The summed E-state index contributed by atoms with van der Waals surface area (Å²) in [5.74, 6) is -3.02. The van der Waals surface area contributed by atoms with Crippen molar-refractivity contribution >= 4 is 21.7 Å². The number of aromatic carboxylic acids is 1. The molecule has 5 nitrogen and oxygen atoms in total. The maximum atomic E-state index is 13.8. The number of hydrogen-bond acceptors (Lipinski definition) is 3. The van der Waals surface area contributed by atoms with Gasteiger partial charge in [0, 0.05) is 11.8 Å². The summed E-state index contributed by atoms with van der Waals surface area (Å²) < 4.78 is 53.9. The van der Waals surface area contributed by atoms with E-state index in [0.29, 0.717) is 18.9 Å². The molecule has 29 heavy (non-hydrogen) atoms. The molecule has 0 saturated heterocycles.